The van der Waals surface area contributed by atoms with Crippen LogP contribution in [0.25, 0.3) is 10.9 Å². The van der Waals surface area contributed by atoms with E-state index in [1.54, 1.807) is 6.92 Å². The van der Waals surface area contributed by atoms with Crippen LogP contribution < -0.4 is 5.32 Å². The Kier molecular flexibility index (Phi) is 2.33. The van der Waals surface area contributed by atoms with Crippen LogP contribution in [-0.2, 0) is 6.54 Å². The summed E-state index contributed by atoms with van der Waals surface area (Å²) in [7, 11) is 0. The van der Waals surface area contributed by atoms with Crippen molar-refractivity contribution in [1.29, 1.82) is 0 Å². The van der Waals surface area contributed by atoms with Crippen LogP contribution in [0.1, 0.15) is 22.8 Å². The van der Waals surface area contributed by atoms with Crippen molar-refractivity contribution in [2.45, 2.75) is 13.5 Å². The Balaban J connectivity index is 2.39. The minimum Gasteiger partial charge on any atom is -0.411 e. The van der Waals surface area contributed by atoms with Crippen LogP contribution in [0.3, 0.4) is 0 Å². The van der Waals surface area contributed by atoms with Gasteiger partial charge < -0.3 is 15.1 Å². The summed E-state index contributed by atoms with van der Waals surface area (Å²) < 4.78 is 2.03. The van der Waals surface area contributed by atoms with Crippen LogP contribution in [0.2, 0.25) is 0 Å². The summed E-state index contributed by atoms with van der Waals surface area (Å²) in [6.45, 7) is 3.07. The monoisotopic (exact) mass is 243 g/mol. The summed E-state index contributed by atoms with van der Waals surface area (Å²) in [4.78, 5) is 11.9. The van der Waals surface area contributed by atoms with Crippen molar-refractivity contribution in [1.82, 2.24) is 9.88 Å². The third-order valence-electron chi connectivity index (χ3n) is 3.32. The number of para-hydroxylation sites is 1. The second-order valence-electron chi connectivity index (χ2n) is 4.38. The van der Waals surface area contributed by atoms with Crippen molar-refractivity contribution in [3.63, 3.8) is 0 Å². The van der Waals surface area contributed by atoms with Gasteiger partial charge in [-0.25, -0.2) is 0 Å². The standard InChI is InChI=1S/C13H13N3O2/c1-8(15-18)11-7-16-6-5-14-13(17)10-4-2-3-9(11)12(10)16/h2-4,7,18H,5-6H2,1H3,(H,14,17)/b15-8-. The largest absolute Gasteiger partial charge is 0.411 e. The van der Waals surface area contributed by atoms with E-state index in [4.69, 9.17) is 5.21 Å². The molecule has 2 heterocycles. The fourth-order valence-electron chi connectivity index (χ4n) is 2.45. The number of carbonyl (C=O) groups excluding carboxylic acids is 1. The summed E-state index contributed by atoms with van der Waals surface area (Å²) >= 11 is 0. The van der Waals surface area contributed by atoms with Gasteiger partial charge in [-0.15, -0.1) is 0 Å². The summed E-state index contributed by atoms with van der Waals surface area (Å²) in [6.07, 6.45) is 1.93. The normalized spacial score (nSPS) is 15.6. The van der Waals surface area contributed by atoms with E-state index < -0.39 is 0 Å². The predicted octanol–water partition coefficient (Wildman–Crippen LogP) is 1.58. The van der Waals surface area contributed by atoms with E-state index in [-0.39, 0.29) is 5.91 Å². The number of hydrogen-bond donors (Lipinski definition) is 2. The maximum Gasteiger partial charge on any atom is 0.253 e. The maximum atomic E-state index is 11.9. The number of aromatic nitrogens is 1. The van der Waals surface area contributed by atoms with Gasteiger partial charge in [-0.3, -0.25) is 4.79 Å². The fraction of sp³-hybridized carbons (Fsp3) is 0.231. The van der Waals surface area contributed by atoms with E-state index in [0.29, 0.717) is 17.8 Å². The number of rotatable bonds is 1. The van der Waals surface area contributed by atoms with Crippen LogP contribution in [0.4, 0.5) is 0 Å². The van der Waals surface area contributed by atoms with Crippen LogP contribution in [0.5, 0.6) is 0 Å². The van der Waals surface area contributed by atoms with Crippen LogP contribution in [0, 0.1) is 0 Å². The first kappa shape index (κ1) is 10.8. The van der Waals surface area contributed by atoms with Gasteiger partial charge in [0.2, 0.25) is 0 Å². The van der Waals surface area contributed by atoms with E-state index in [1.807, 2.05) is 29.0 Å². The molecule has 0 saturated heterocycles. The molecule has 1 aromatic heterocycles. The molecule has 0 spiro atoms. The Morgan fingerprint density at radius 3 is 3.11 bits per heavy atom. The fourth-order valence-corrected chi connectivity index (χ4v) is 2.45. The highest BCUT2D eigenvalue weighted by Crippen LogP contribution is 2.26. The lowest BCUT2D eigenvalue weighted by Gasteiger charge is -2.01. The van der Waals surface area contributed by atoms with Gasteiger partial charge in [-0.2, -0.15) is 0 Å². The number of hydrogen-bond acceptors (Lipinski definition) is 3. The van der Waals surface area contributed by atoms with E-state index >= 15 is 0 Å². The first-order valence-electron chi connectivity index (χ1n) is 5.81. The minimum absolute atomic E-state index is 0.0532. The molecule has 18 heavy (non-hydrogen) atoms. The zero-order valence-corrected chi connectivity index (χ0v) is 9.97. The number of carbonyl (C=O) groups is 1. The highest BCUT2D eigenvalue weighted by atomic mass is 16.4. The van der Waals surface area contributed by atoms with Crippen molar-refractivity contribution in [2.24, 2.45) is 5.16 Å². The van der Waals surface area contributed by atoms with Crippen molar-refractivity contribution in [3.8, 4) is 0 Å². The molecule has 1 aromatic carbocycles. The molecule has 0 radical (unpaired) electrons. The summed E-state index contributed by atoms with van der Waals surface area (Å²) in [5.41, 5.74) is 2.99. The van der Waals surface area contributed by atoms with E-state index in [9.17, 15) is 4.79 Å². The molecule has 1 aliphatic heterocycles. The molecule has 5 heteroatoms. The minimum atomic E-state index is -0.0532. The van der Waals surface area contributed by atoms with E-state index in [2.05, 4.69) is 10.5 Å². The molecular weight excluding hydrogens is 230 g/mol. The molecule has 0 bridgehead atoms. The zero-order chi connectivity index (χ0) is 12.7. The summed E-state index contributed by atoms with van der Waals surface area (Å²) in [5.74, 6) is -0.0532. The van der Waals surface area contributed by atoms with Crippen molar-refractivity contribution >= 4 is 22.5 Å². The smallest absolute Gasteiger partial charge is 0.253 e. The molecule has 1 amide bonds. The third kappa shape index (κ3) is 1.40. The van der Waals surface area contributed by atoms with E-state index in [1.165, 1.54) is 0 Å². The van der Waals surface area contributed by atoms with Crippen LogP contribution >= 0.6 is 0 Å². The highest BCUT2D eigenvalue weighted by molar-refractivity contribution is 6.14. The van der Waals surface area contributed by atoms with Gasteiger partial charge in [0.25, 0.3) is 5.91 Å². The molecule has 0 fully saturated rings. The molecular formula is C13H13N3O2. The molecule has 3 rings (SSSR count). The van der Waals surface area contributed by atoms with Gasteiger partial charge in [0, 0.05) is 30.2 Å². The summed E-state index contributed by atoms with van der Waals surface area (Å²) in [6, 6.07) is 5.60. The molecule has 0 atom stereocenters. The molecule has 2 N–H and O–H groups in total. The van der Waals surface area contributed by atoms with E-state index in [0.717, 1.165) is 23.0 Å². The molecule has 5 nitrogen and oxygen atoms in total. The maximum absolute atomic E-state index is 11.9. The van der Waals surface area contributed by atoms with Gasteiger partial charge in [-0.05, 0) is 13.0 Å². The van der Waals surface area contributed by atoms with Crippen molar-refractivity contribution in [3.05, 3.63) is 35.5 Å². The Hall–Kier alpha value is -2.30. The first-order valence-corrected chi connectivity index (χ1v) is 5.81. The average Bonchev–Trinajstić information content (AvgIpc) is 2.68. The van der Waals surface area contributed by atoms with Gasteiger partial charge in [0.1, 0.15) is 0 Å². The van der Waals surface area contributed by atoms with Gasteiger partial charge in [0.05, 0.1) is 16.8 Å². The second-order valence-corrected chi connectivity index (χ2v) is 4.38. The lowest BCUT2D eigenvalue weighted by Crippen LogP contribution is -2.24. The predicted molar refractivity (Wildman–Crippen MR) is 68.3 cm³/mol. The quantitative estimate of drug-likeness (QED) is 0.453. The van der Waals surface area contributed by atoms with Crippen molar-refractivity contribution < 1.29 is 10.0 Å². The molecule has 0 unspecified atom stereocenters. The van der Waals surface area contributed by atoms with Crippen LogP contribution in [-0.4, -0.2) is 27.9 Å². The van der Waals surface area contributed by atoms with Crippen LogP contribution in [0.15, 0.2) is 29.6 Å². The lowest BCUT2D eigenvalue weighted by atomic mass is 10.1. The van der Waals surface area contributed by atoms with Crippen molar-refractivity contribution in [2.75, 3.05) is 6.54 Å². The second kappa shape index (κ2) is 3.87. The Morgan fingerprint density at radius 1 is 1.50 bits per heavy atom. The highest BCUT2D eigenvalue weighted by Gasteiger charge is 2.20. The average molecular weight is 243 g/mol. The number of amides is 1. The molecule has 92 valence electrons. The lowest BCUT2D eigenvalue weighted by molar-refractivity contribution is 0.0956. The summed E-state index contributed by atoms with van der Waals surface area (Å²) in [5, 5.41) is 16.0. The number of nitrogens with zero attached hydrogens (tertiary/aromatic N) is 2. The van der Waals surface area contributed by atoms with Gasteiger partial charge in [-0.1, -0.05) is 17.3 Å². The number of oxime groups is 1. The number of benzene rings is 1. The zero-order valence-electron chi connectivity index (χ0n) is 9.97. The first-order chi connectivity index (χ1) is 8.72. The Bertz CT molecular complexity index is 670. The number of nitrogens with one attached hydrogen (secondary N) is 1. The molecule has 0 aliphatic carbocycles. The Labute approximate surface area is 104 Å². The topological polar surface area (TPSA) is 66.6 Å². The third-order valence-corrected chi connectivity index (χ3v) is 3.32. The molecule has 1 aliphatic rings. The van der Waals surface area contributed by atoms with Gasteiger partial charge in [0.15, 0.2) is 0 Å². The molecule has 0 saturated carbocycles. The molecule has 2 aromatic rings. The van der Waals surface area contributed by atoms with Gasteiger partial charge >= 0.3 is 0 Å². The Morgan fingerprint density at radius 2 is 2.33 bits per heavy atom. The SMILES string of the molecule is C/C(=N/O)c1cn2c3c(cccc13)C(=O)NCC2.